The van der Waals surface area contributed by atoms with E-state index in [1.807, 2.05) is 24.3 Å². The van der Waals surface area contributed by atoms with Gasteiger partial charge < -0.3 is 11.1 Å². The fraction of sp³-hybridized carbons (Fsp3) is 0.400. The van der Waals surface area contributed by atoms with E-state index in [1.165, 1.54) is 6.33 Å². The van der Waals surface area contributed by atoms with Crippen LogP contribution in [0.3, 0.4) is 0 Å². The van der Waals surface area contributed by atoms with E-state index in [1.54, 1.807) is 0 Å². The molecule has 2 aromatic rings. The van der Waals surface area contributed by atoms with Gasteiger partial charge in [0, 0.05) is 18.7 Å². The number of hydrogen-bond donors (Lipinski definition) is 3. The number of carbonyl (C=O) groups is 1. The van der Waals surface area contributed by atoms with Crippen molar-refractivity contribution in [3.8, 4) is 0 Å². The van der Waals surface area contributed by atoms with Crippen LogP contribution < -0.4 is 11.1 Å². The second-order valence-electron chi connectivity index (χ2n) is 5.50. The van der Waals surface area contributed by atoms with E-state index in [0.717, 1.165) is 42.8 Å². The van der Waals surface area contributed by atoms with Gasteiger partial charge in [-0.25, -0.2) is 4.98 Å². The first-order valence-corrected chi connectivity index (χ1v) is 7.19. The standard InChI is InChI=1S/C15H19N5O/c16-12-5-3-11(4-6-12)15(7-8-15)14(21)17-9-1-2-13-18-10-19-20-13/h3-6,10H,1-2,7-9,16H2,(H,17,21)(H,18,19,20). The maximum Gasteiger partial charge on any atom is 0.230 e. The van der Waals surface area contributed by atoms with Gasteiger partial charge in [-0.15, -0.1) is 0 Å². The SMILES string of the molecule is Nc1ccc(C2(C(=O)NCCCc3ncn[nH]3)CC2)cc1. The van der Waals surface area contributed by atoms with Gasteiger partial charge in [0.1, 0.15) is 12.2 Å². The maximum atomic E-state index is 12.4. The highest BCUT2D eigenvalue weighted by Crippen LogP contribution is 2.48. The topological polar surface area (TPSA) is 96.7 Å². The predicted molar refractivity (Wildman–Crippen MR) is 79.5 cm³/mol. The van der Waals surface area contributed by atoms with Gasteiger partial charge in [0.05, 0.1) is 5.41 Å². The number of carbonyl (C=O) groups excluding carboxylic acids is 1. The molecule has 0 unspecified atom stereocenters. The number of nitrogens with two attached hydrogens (primary N) is 1. The van der Waals surface area contributed by atoms with E-state index >= 15 is 0 Å². The second-order valence-corrected chi connectivity index (χ2v) is 5.50. The summed E-state index contributed by atoms with van der Waals surface area (Å²) in [5.41, 5.74) is 7.15. The summed E-state index contributed by atoms with van der Waals surface area (Å²) in [6.07, 6.45) is 4.94. The van der Waals surface area contributed by atoms with Crippen molar-refractivity contribution in [1.82, 2.24) is 20.5 Å². The molecule has 0 bridgehead atoms. The molecule has 1 aromatic carbocycles. The fourth-order valence-corrected chi connectivity index (χ4v) is 2.55. The number of benzene rings is 1. The van der Waals surface area contributed by atoms with Crippen molar-refractivity contribution in [1.29, 1.82) is 0 Å². The van der Waals surface area contributed by atoms with Crippen LogP contribution in [0.4, 0.5) is 5.69 Å². The smallest absolute Gasteiger partial charge is 0.230 e. The molecule has 21 heavy (non-hydrogen) atoms. The Balaban J connectivity index is 1.52. The fourth-order valence-electron chi connectivity index (χ4n) is 2.55. The molecule has 3 rings (SSSR count). The lowest BCUT2D eigenvalue weighted by Crippen LogP contribution is -2.35. The normalized spacial score (nSPS) is 15.6. The third-order valence-corrected chi connectivity index (χ3v) is 3.99. The molecule has 4 N–H and O–H groups in total. The highest BCUT2D eigenvalue weighted by atomic mass is 16.2. The lowest BCUT2D eigenvalue weighted by molar-refractivity contribution is -0.123. The summed E-state index contributed by atoms with van der Waals surface area (Å²) < 4.78 is 0. The number of nitrogens with one attached hydrogen (secondary N) is 2. The molecule has 1 aliphatic carbocycles. The molecule has 1 aromatic heterocycles. The predicted octanol–water partition coefficient (Wildman–Crippen LogP) is 1.17. The van der Waals surface area contributed by atoms with Crippen molar-refractivity contribution in [3.05, 3.63) is 42.0 Å². The lowest BCUT2D eigenvalue weighted by Gasteiger charge is -2.15. The highest BCUT2D eigenvalue weighted by molar-refractivity contribution is 5.91. The summed E-state index contributed by atoms with van der Waals surface area (Å²) >= 11 is 0. The second kappa shape index (κ2) is 5.55. The number of rotatable bonds is 6. The van der Waals surface area contributed by atoms with E-state index < -0.39 is 0 Å². The Morgan fingerprint density at radius 2 is 2.10 bits per heavy atom. The summed E-state index contributed by atoms with van der Waals surface area (Å²) in [6.45, 7) is 0.649. The number of anilines is 1. The van der Waals surface area contributed by atoms with Gasteiger partial charge in [-0.1, -0.05) is 12.1 Å². The van der Waals surface area contributed by atoms with Crippen molar-refractivity contribution >= 4 is 11.6 Å². The minimum Gasteiger partial charge on any atom is -0.399 e. The van der Waals surface area contributed by atoms with Crippen LogP contribution in [0.2, 0.25) is 0 Å². The number of amides is 1. The maximum absolute atomic E-state index is 12.4. The number of aromatic amines is 1. The molecular weight excluding hydrogens is 266 g/mol. The molecule has 1 heterocycles. The minimum absolute atomic E-state index is 0.116. The van der Waals surface area contributed by atoms with Crippen molar-refractivity contribution in [2.45, 2.75) is 31.1 Å². The van der Waals surface area contributed by atoms with Crippen LogP contribution in [0.5, 0.6) is 0 Å². The van der Waals surface area contributed by atoms with Crippen LogP contribution in [-0.4, -0.2) is 27.6 Å². The number of hydrogen-bond acceptors (Lipinski definition) is 4. The van der Waals surface area contributed by atoms with Gasteiger partial charge in [0.15, 0.2) is 0 Å². The summed E-state index contributed by atoms with van der Waals surface area (Å²) in [7, 11) is 0. The average molecular weight is 285 g/mol. The minimum atomic E-state index is -0.333. The van der Waals surface area contributed by atoms with E-state index in [2.05, 4.69) is 20.5 Å². The average Bonchev–Trinajstić information content (AvgIpc) is 3.14. The van der Waals surface area contributed by atoms with Crippen molar-refractivity contribution < 1.29 is 4.79 Å². The molecule has 1 fully saturated rings. The Labute approximate surface area is 123 Å². The van der Waals surface area contributed by atoms with Crippen LogP contribution in [-0.2, 0) is 16.6 Å². The van der Waals surface area contributed by atoms with E-state index in [-0.39, 0.29) is 11.3 Å². The molecule has 1 saturated carbocycles. The van der Waals surface area contributed by atoms with Crippen molar-refractivity contribution in [2.24, 2.45) is 0 Å². The number of H-pyrrole nitrogens is 1. The Morgan fingerprint density at radius 1 is 1.33 bits per heavy atom. The number of nitrogen functional groups attached to an aromatic ring is 1. The summed E-state index contributed by atoms with van der Waals surface area (Å²) in [6, 6.07) is 7.62. The third kappa shape index (κ3) is 2.89. The molecule has 6 nitrogen and oxygen atoms in total. The number of nitrogens with zero attached hydrogens (tertiary/aromatic N) is 2. The number of aromatic nitrogens is 3. The zero-order valence-corrected chi connectivity index (χ0v) is 11.8. The van der Waals surface area contributed by atoms with Crippen LogP contribution in [0, 0.1) is 0 Å². The van der Waals surface area contributed by atoms with Crippen LogP contribution in [0.1, 0.15) is 30.7 Å². The largest absolute Gasteiger partial charge is 0.399 e. The monoisotopic (exact) mass is 285 g/mol. The molecule has 0 saturated heterocycles. The first kappa shape index (κ1) is 13.6. The van der Waals surface area contributed by atoms with Crippen LogP contribution >= 0.6 is 0 Å². The highest BCUT2D eigenvalue weighted by Gasteiger charge is 2.50. The van der Waals surface area contributed by atoms with Gasteiger partial charge in [0.25, 0.3) is 0 Å². The van der Waals surface area contributed by atoms with Crippen molar-refractivity contribution in [3.63, 3.8) is 0 Å². The zero-order valence-electron chi connectivity index (χ0n) is 11.8. The Bertz CT molecular complexity index is 602. The van der Waals surface area contributed by atoms with Gasteiger partial charge in [-0.05, 0) is 37.0 Å². The molecule has 0 aliphatic heterocycles. The summed E-state index contributed by atoms with van der Waals surface area (Å²) in [5.74, 6) is 0.966. The first-order valence-electron chi connectivity index (χ1n) is 7.19. The van der Waals surface area contributed by atoms with Crippen LogP contribution in [0.15, 0.2) is 30.6 Å². The van der Waals surface area contributed by atoms with Crippen molar-refractivity contribution in [2.75, 3.05) is 12.3 Å². The van der Waals surface area contributed by atoms with Gasteiger partial charge in [-0.2, -0.15) is 5.10 Å². The Morgan fingerprint density at radius 3 is 2.71 bits per heavy atom. The molecule has 6 heteroatoms. The quantitative estimate of drug-likeness (QED) is 0.548. The zero-order chi connectivity index (χ0) is 14.7. The lowest BCUT2D eigenvalue weighted by atomic mass is 9.94. The van der Waals surface area contributed by atoms with Crippen LogP contribution in [0.25, 0.3) is 0 Å². The van der Waals surface area contributed by atoms with E-state index in [4.69, 9.17) is 5.73 Å². The van der Waals surface area contributed by atoms with E-state index in [9.17, 15) is 4.79 Å². The van der Waals surface area contributed by atoms with Gasteiger partial charge in [0.2, 0.25) is 5.91 Å². The number of aryl methyl sites for hydroxylation is 1. The summed E-state index contributed by atoms with van der Waals surface area (Å²) in [4.78, 5) is 16.5. The molecule has 0 atom stereocenters. The van der Waals surface area contributed by atoms with E-state index in [0.29, 0.717) is 6.54 Å². The Kier molecular flexibility index (Phi) is 3.60. The third-order valence-electron chi connectivity index (χ3n) is 3.99. The Hall–Kier alpha value is -2.37. The molecule has 0 spiro atoms. The first-order chi connectivity index (χ1) is 10.2. The molecular formula is C15H19N5O. The molecule has 0 radical (unpaired) electrons. The molecule has 1 aliphatic rings. The molecule has 1 amide bonds. The summed E-state index contributed by atoms with van der Waals surface area (Å²) in [5, 5.41) is 9.64. The van der Waals surface area contributed by atoms with Gasteiger partial charge in [-0.3, -0.25) is 9.89 Å². The van der Waals surface area contributed by atoms with Gasteiger partial charge >= 0.3 is 0 Å². The molecule has 110 valence electrons.